The third-order valence-corrected chi connectivity index (χ3v) is 4.17. The lowest BCUT2D eigenvalue weighted by molar-refractivity contribution is 0.122. The Balaban J connectivity index is 1.50. The fraction of sp³-hybridized carbons (Fsp3) is 0.438. The van der Waals surface area contributed by atoms with Gasteiger partial charge in [-0.3, -0.25) is 14.5 Å². The molecule has 21 heavy (non-hydrogen) atoms. The van der Waals surface area contributed by atoms with Gasteiger partial charge in [-0.1, -0.05) is 30.3 Å². The fourth-order valence-corrected chi connectivity index (χ4v) is 2.80. The monoisotopic (exact) mass is 285 g/mol. The van der Waals surface area contributed by atoms with Gasteiger partial charge in [0.25, 0.3) is 0 Å². The molecule has 2 aromatic rings. The molecule has 5 heteroatoms. The Morgan fingerprint density at radius 1 is 1.00 bits per heavy atom. The van der Waals surface area contributed by atoms with E-state index in [4.69, 9.17) is 5.73 Å². The van der Waals surface area contributed by atoms with Gasteiger partial charge in [0.15, 0.2) is 0 Å². The molecule has 1 aliphatic heterocycles. The van der Waals surface area contributed by atoms with Crippen LogP contribution < -0.4 is 5.73 Å². The summed E-state index contributed by atoms with van der Waals surface area (Å²) in [5.74, 6) is 0.779. The topological polar surface area (TPSA) is 50.3 Å². The van der Waals surface area contributed by atoms with E-state index < -0.39 is 0 Å². The zero-order chi connectivity index (χ0) is 14.7. The second kappa shape index (κ2) is 6.28. The lowest BCUT2D eigenvalue weighted by Gasteiger charge is -2.34. The Hall–Kier alpha value is -1.85. The fourth-order valence-electron chi connectivity index (χ4n) is 2.80. The van der Waals surface area contributed by atoms with E-state index in [2.05, 4.69) is 45.2 Å². The summed E-state index contributed by atoms with van der Waals surface area (Å²) in [4.78, 5) is 4.97. The zero-order valence-electron chi connectivity index (χ0n) is 12.6. The molecule has 0 saturated carbocycles. The lowest BCUT2D eigenvalue weighted by Crippen LogP contribution is -2.45. The highest BCUT2D eigenvalue weighted by Gasteiger charge is 2.18. The molecule has 1 aromatic heterocycles. The first-order valence-electron chi connectivity index (χ1n) is 7.47. The van der Waals surface area contributed by atoms with Gasteiger partial charge in [0.1, 0.15) is 5.82 Å². The molecule has 0 atom stereocenters. The van der Waals surface area contributed by atoms with Crippen LogP contribution in [0.2, 0.25) is 0 Å². The van der Waals surface area contributed by atoms with E-state index in [0.29, 0.717) is 0 Å². The summed E-state index contributed by atoms with van der Waals surface area (Å²) in [7, 11) is 1.89. The van der Waals surface area contributed by atoms with Crippen LogP contribution >= 0.6 is 0 Å². The second-order valence-electron chi connectivity index (χ2n) is 5.72. The molecule has 1 aromatic carbocycles. The smallest absolute Gasteiger partial charge is 0.125 e. The number of nitrogens with zero attached hydrogens (tertiary/aromatic N) is 4. The average Bonchev–Trinajstić information content (AvgIpc) is 2.82. The van der Waals surface area contributed by atoms with Crippen LogP contribution in [0.3, 0.4) is 0 Å². The second-order valence-corrected chi connectivity index (χ2v) is 5.72. The predicted octanol–water partition coefficient (Wildman–Crippen LogP) is 1.32. The number of benzene rings is 1. The van der Waals surface area contributed by atoms with Crippen molar-refractivity contribution in [2.45, 2.75) is 13.1 Å². The summed E-state index contributed by atoms with van der Waals surface area (Å²) in [6.45, 7) is 6.33. The Labute approximate surface area is 126 Å². The van der Waals surface area contributed by atoms with Crippen LogP contribution in [0.25, 0.3) is 0 Å². The summed E-state index contributed by atoms with van der Waals surface area (Å²) in [6.07, 6.45) is 1.88. The normalized spacial score (nSPS) is 17.2. The molecular weight excluding hydrogens is 262 g/mol. The zero-order valence-corrected chi connectivity index (χ0v) is 12.6. The van der Waals surface area contributed by atoms with Crippen molar-refractivity contribution in [1.82, 2.24) is 19.6 Å². The molecule has 2 N–H and O–H groups in total. The summed E-state index contributed by atoms with van der Waals surface area (Å²) in [6, 6.07) is 10.7. The van der Waals surface area contributed by atoms with E-state index >= 15 is 0 Å². The number of nitrogen functional groups attached to an aromatic ring is 1. The first kappa shape index (κ1) is 14.1. The number of hydrogen-bond acceptors (Lipinski definition) is 4. The van der Waals surface area contributed by atoms with Crippen LogP contribution in [0.4, 0.5) is 5.82 Å². The molecule has 0 spiro atoms. The summed E-state index contributed by atoms with van der Waals surface area (Å²) >= 11 is 0. The molecule has 1 saturated heterocycles. The van der Waals surface area contributed by atoms with Crippen LogP contribution in [-0.4, -0.2) is 45.8 Å². The molecule has 112 valence electrons. The quantitative estimate of drug-likeness (QED) is 0.920. The lowest BCUT2D eigenvalue weighted by atomic mass is 10.2. The maximum absolute atomic E-state index is 6.01. The van der Waals surface area contributed by atoms with Gasteiger partial charge < -0.3 is 5.73 Å². The minimum atomic E-state index is 0.779. The van der Waals surface area contributed by atoms with Crippen molar-refractivity contribution in [2.75, 3.05) is 31.9 Å². The van der Waals surface area contributed by atoms with Crippen LogP contribution in [0.15, 0.2) is 36.5 Å². The third kappa shape index (κ3) is 3.43. The van der Waals surface area contributed by atoms with Crippen molar-refractivity contribution < 1.29 is 0 Å². The molecule has 0 bridgehead atoms. The highest BCUT2D eigenvalue weighted by Crippen LogP contribution is 2.15. The standard InChI is InChI=1S/C16H23N5/c1-19-16(17)15(11-18-19)13-21-9-7-20(8-10-21)12-14-5-3-2-4-6-14/h2-6,11H,7-10,12-13,17H2,1H3. The van der Waals surface area contributed by atoms with E-state index in [1.54, 1.807) is 4.68 Å². The van der Waals surface area contributed by atoms with Crippen molar-refractivity contribution in [3.63, 3.8) is 0 Å². The average molecular weight is 285 g/mol. The van der Waals surface area contributed by atoms with Crippen LogP contribution in [-0.2, 0) is 20.1 Å². The Morgan fingerprint density at radius 3 is 2.19 bits per heavy atom. The first-order chi connectivity index (χ1) is 10.2. The number of hydrogen-bond donors (Lipinski definition) is 1. The first-order valence-corrected chi connectivity index (χ1v) is 7.47. The highest BCUT2D eigenvalue weighted by atomic mass is 15.3. The van der Waals surface area contributed by atoms with Crippen LogP contribution in [0, 0.1) is 0 Å². The number of rotatable bonds is 4. The minimum absolute atomic E-state index is 0.779. The largest absolute Gasteiger partial charge is 0.384 e. The number of aryl methyl sites for hydroxylation is 1. The number of aromatic nitrogens is 2. The molecule has 0 amide bonds. The van der Waals surface area contributed by atoms with E-state index in [0.717, 1.165) is 50.6 Å². The van der Waals surface area contributed by atoms with Gasteiger partial charge in [0, 0.05) is 51.9 Å². The molecule has 0 aliphatic carbocycles. The summed E-state index contributed by atoms with van der Waals surface area (Å²) in [5.41, 5.74) is 8.54. The van der Waals surface area contributed by atoms with E-state index in [1.165, 1.54) is 5.56 Å². The van der Waals surface area contributed by atoms with Gasteiger partial charge in [0.05, 0.1) is 6.20 Å². The van der Waals surface area contributed by atoms with Crippen molar-refractivity contribution in [3.8, 4) is 0 Å². The minimum Gasteiger partial charge on any atom is -0.384 e. The molecule has 5 nitrogen and oxygen atoms in total. The Bertz CT molecular complexity index is 570. The molecule has 3 rings (SSSR count). The van der Waals surface area contributed by atoms with Gasteiger partial charge in [-0.25, -0.2) is 0 Å². The molecule has 2 heterocycles. The van der Waals surface area contributed by atoms with Crippen molar-refractivity contribution in [3.05, 3.63) is 47.7 Å². The summed E-state index contributed by atoms with van der Waals surface area (Å²) < 4.78 is 1.74. The van der Waals surface area contributed by atoms with E-state index in [9.17, 15) is 0 Å². The molecule has 0 unspecified atom stereocenters. The van der Waals surface area contributed by atoms with Crippen LogP contribution in [0.5, 0.6) is 0 Å². The Kier molecular flexibility index (Phi) is 4.22. The molecule has 0 radical (unpaired) electrons. The maximum atomic E-state index is 6.01. The third-order valence-electron chi connectivity index (χ3n) is 4.17. The van der Waals surface area contributed by atoms with Gasteiger partial charge >= 0.3 is 0 Å². The van der Waals surface area contributed by atoms with Gasteiger partial charge in [-0.15, -0.1) is 0 Å². The van der Waals surface area contributed by atoms with Gasteiger partial charge in [0.2, 0.25) is 0 Å². The molecule has 1 aliphatic rings. The van der Waals surface area contributed by atoms with Crippen LogP contribution in [0.1, 0.15) is 11.1 Å². The van der Waals surface area contributed by atoms with Gasteiger partial charge in [-0.05, 0) is 5.56 Å². The highest BCUT2D eigenvalue weighted by molar-refractivity contribution is 5.38. The number of anilines is 1. The summed E-state index contributed by atoms with van der Waals surface area (Å²) in [5, 5.41) is 4.21. The maximum Gasteiger partial charge on any atom is 0.125 e. The van der Waals surface area contributed by atoms with Crippen molar-refractivity contribution in [2.24, 2.45) is 7.05 Å². The molecular formula is C16H23N5. The van der Waals surface area contributed by atoms with Crippen molar-refractivity contribution in [1.29, 1.82) is 0 Å². The van der Waals surface area contributed by atoms with Gasteiger partial charge in [-0.2, -0.15) is 5.10 Å². The number of nitrogens with two attached hydrogens (primary N) is 1. The van der Waals surface area contributed by atoms with E-state index in [-0.39, 0.29) is 0 Å². The Morgan fingerprint density at radius 2 is 1.62 bits per heavy atom. The molecule has 1 fully saturated rings. The SMILES string of the molecule is Cn1ncc(CN2CCN(Cc3ccccc3)CC2)c1N. The number of piperazine rings is 1. The predicted molar refractivity (Wildman–Crippen MR) is 84.6 cm³/mol. The van der Waals surface area contributed by atoms with E-state index in [1.807, 2.05) is 13.2 Å². The van der Waals surface area contributed by atoms with Crippen molar-refractivity contribution >= 4 is 5.82 Å².